The number of nitrogens with zero attached hydrogens (tertiary/aromatic N) is 2. The van der Waals surface area contributed by atoms with Crippen LogP contribution < -0.4 is 0 Å². The maximum absolute atomic E-state index is 12.2. The number of amides is 1. The highest BCUT2D eigenvalue weighted by molar-refractivity contribution is 7.94. The summed E-state index contributed by atoms with van der Waals surface area (Å²) in [6.07, 6.45) is 10.2. The number of hydrogen-bond acceptors (Lipinski definition) is 6. The molecule has 0 N–H and O–H groups in total. The second-order valence-electron chi connectivity index (χ2n) is 9.64. The molecule has 1 amide bonds. The molecule has 174 valence electrons. The molecule has 0 aromatic carbocycles. The molecule has 3 aliphatic rings. The molecule has 7 nitrogen and oxygen atoms in total. The van der Waals surface area contributed by atoms with Crippen molar-refractivity contribution in [3.05, 3.63) is 23.8 Å². The van der Waals surface area contributed by atoms with Crippen molar-refractivity contribution in [2.45, 2.75) is 52.4 Å². The number of allylic oxidation sites excluding steroid dienone is 1. The van der Waals surface area contributed by atoms with Crippen molar-refractivity contribution in [3.63, 3.8) is 0 Å². The Bertz CT molecular complexity index is 836. The largest absolute Gasteiger partial charge is 0.481 e. The molecule has 1 saturated heterocycles. The minimum absolute atomic E-state index is 0.0784. The smallest absolute Gasteiger partial charge is 0.409 e. The fourth-order valence-electron chi connectivity index (χ4n) is 4.23. The maximum Gasteiger partial charge on any atom is 0.409 e. The maximum atomic E-state index is 12.2. The van der Waals surface area contributed by atoms with E-state index in [1.807, 2.05) is 4.90 Å². The molecule has 1 heterocycles. The van der Waals surface area contributed by atoms with E-state index >= 15 is 0 Å². The Balaban J connectivity index is 1.32. The number of likely N-dealkylation sites (tertiary alicyclic amines) is 1. The van der Waals surface area contributed by atoms with Gasteiger partial charge in [0.15, 0.2) is 15.7 Å². The number of carbonyl (C=O) groups is 1. The summed E-state index contributed by atoms with van der Waals surface area (Å²) in [7, 11) is -3.32. The van der Waals surface area contributed by atoms with Crippen LogP contribution in [0.2, 0.25) is 0 Å². The van der Waals surface area contributed by atoms with Gasteiger partial charge in [0, 0.05) is 37.9 Å². The van der Waals surface area contributed by atoms with Crippen LogP contribution >= 0.6 is 0 Å². The highest BCUT2D eigenvalue weighted by Crippen LogP contribution is 2.50. The molecule has 2 atom stereocenters. The van der Waals surface area contributed by atoms with Gasteiger partial charge in [-0.1, -0.05) is 13.5 Å². The van der Waals surface area contributed by atoms with Crippen molar-refractivity contribution in [2.24, 2.45) is 28.2 Å². The van der Waals surface area contributed by atoms with Crippen molar-refractivity contribution < 1.29 is 22.7 Å². The molecular weight excluding hydrogens is 416 g/mol. The topological polar surface area (TPSA) is 85.3 Å². The molecule has 2 saturated carbocycles. The van der Waals surface area contributed by atoms with E-state index in [0.29, 0.717) is 30.9 Å². The second kappa shape index (κ2) is 9.76. The molecule has 0 aromatic heterocycles. The SMILES string of the molecule is C=C/C(=C\N=C(C)OCC[C@@H]1C[C@@H]1C1CCN(C(=O)OCC2(C)CC2)CC1)S(C)(=O)=O. The lowest BCUT2D eigenvalue weighted by Gasteiger charge is -2.32. The summed E-state index contributed by atoms with van der Waals surface area (Å²) in [4.78, 5) is 18.3. The monoisotopic (exact) mass is 452 g/mol. The van der Waals surface area contributed by atoms with Crippen molar-refractivity contribution in [3.8, 4) is 0 Å². The predicted octanol–water partition coefficient (Wildman–Crippen LogP) is 4.17. The molecule has 0 radical (unpaired) electrons. The van der Waals surface area contributed by atoms with Gasteiger partial charge >= 0.3 is 6.09 Å². The average molecular weight is 453 g/mol. The van der Waals surface area contributed by atoms with Crippen LogP contribution in [0.4, 0.5) is 4.79 Å². The lowest BCUT2D eigenvalue weighted by molar-refractivity contribution is 0.0713. The van der Waals surface area contributed by atoms with Gasteiger partial charge in [0.2, 0.25) is 0 Å². The van der Waals surface area contributed by atoms with Crippen LogP contribution in [0.5, 0.6) is 0 Å². The number of piperidine rings is 1. The van der Waals surface area contributed by atoms with Gasteiger partial charge in [-0.3, -0.25) is 0 Å². The first-order valence-electron chi connectivity index (χ1n) is 11.2. The van der Waals surface area contributed by atoms with E-state index in [2.05, 4.69) is 18.5 Å². The van der Waals surface area contributed by atoms with Crippen molar-refractivity contribution in [1.29, 1.82) is 0 Å². The Labute approximate surface area is 186 Å². The van der Waals surface area contributed by atoms with E-state index < -0.39 is 9.84 Å². The highest BCUT2D eigenvalue weighted by Gasteiger charge is 2.44. The van der Waals surface area contributed by atoms with Crippen LogP contribution in [0.25, 0.3) is 0 Å². The second-order valence-corrected chi connectivity index (χ2v) is 11.7. The fourth-order valence-corrected chi connectivity index (χ4v) is 4.77. The normalized spacial score (nSPS) is 26.4. The number of aliphatic imine (C=N–C) groups is 1. The molecule has 1 aliphatic heterocycles. The highest BCUT2D eigenvalue weighted by atomic mass is 32.2. The number of ether oxygens (including phenoxy) is 2. The summed E-state index contributed by atoms with van der Waals surface area (Å²) in [5, 5.41) is 0. The van der Waals surface area contributed by atoms with Crippen LogP contribution in [0.1, 0.15) is 52.4 Å². The lowest BCUT2D eigenvalue weighted by Crippen LogP contribution is -2.40. The summed E-state index contributed by atoms with van der Waals surface area (Å²) < 4.78 is 34.2. The van der Waals surface area contributed by atoms with Gasteiger partial charge in [-0.2, -0.15) is 0 Å². The van der Waals surface area contributed by atoms with Gasteiger partial charge in [0.25, 0.3) is 0 Å². The first kappa shape index (κ1) is 23.8. The Hall–Kier alpha value is -1.83. The Morgan fingerprint density at radius 1 is 1.26 bits per heavy atom. The molecule has 0 bridgehead atoms. The van der Waals surface area contributed by atoms with Gasteiger partial charge < -0.3 is 14.4 Å². The Kier molecular flexibility index (Phi) is 7.50. The molecule has 2 aliphatic carbocycles. The van der Waals surface area contributed by atoms with E-state index in [1.165, 1.54) is 18.7 Å². The molecule has 0 spiro atoms. The Morgan fingerprint density at radius 3 is 2.52 bits per heavy atom. The van der Waals surface area contributed by atoms with Gasteiger partial charge in [-0.05, 0) is 62.4 Å². The first-order chi connectivity index (χ1) is 14.6. The number of rotatable bonds is 9. The van der Waals surface area contributed by atoms with E-state index in [4.69, 9.17) is 9.47 Å². The van der Waals surface area contributed by atoms with Gasteiger partial charge in [0.1, 0.15) is 0 Å². The van der Waals surface area contributed by atoms with Crippen molar-refractivity contribution >= 4 is 21.8 Å². The summed E-state index contributed by atoms with van der Waals surface area (Å²) >= 11 is 0. The average Bonchev–Trinajstić information content (AvgIpc) is 3.64. The van der Waals surface area contributed by atoms with E-state index in [-0.39, 0.29) is 16.4 Å². The van der Waals surface area contributed by atoms with Crippen molar-refractivity contribution in [1.82, 2.24) is 4.90 Å². The van der Waals surface area contributed by atoms with Gasteiger partial charge in [-0.25, -0.2) is 18.2 Å². The fraction of sp³-hybridized carbons (Fsp3) is 0.739. The van der Waals surface area contributed by atoms with Crippen LogP contribution in [0, 0.1) is 23.2 Å². The number of hydrogen-bond donors (Lipinski definition) is 0. The van der Waals surface area contributed by atoms with Gasteiger partial charge in [0.05, 0.1) is 18.1 Å². The minimum Gasteiger partial charge on any atom is -0.481 e. The zero-order valence-corrected chi connectivity index (χ0v) is 19.8. The van der Waals surface area contributed by atoms with E-state index in [9.17, 15) is 13.2 Å². The minimum atomic E-state index is -3.32. The van der Waals surface area contributed by atoms with Crippen LogP contribution in [-0.2, 0) is 19.3 Å². The zero-order valence-electron chi connectivity index (χ0n) is 19.0. The third-order valence-corrected chi connectivity index (χ3v) is 7.96. The summed E-state index contributed by atoms with van der Waals surface area (Å²) in [6.45, 7) is 10.1. The van der Waals surface area contributed by atoms with E-state index in [1.54, 1.807) is 6.92 Å². The number of sulfone groups is 1. The predicted molar refractivity (Wildman–Crippen MR) is 121 cm³/mol. The third kappa shape index (κ3) is 7.09. The molecule has 8 heteroatoms. The zero-order chi connectivity index (χ0) is 22.6. The van der Waals surface area contributed by atoms with Crippen LogP contribution in [0.15, 0.2) is 28.8 Å². The third-order valence-electron chi connectivity index (χ3n) is 6.83. The standard InChI is InChI=1S/C23H36N2O5S/c1-5-20(31(4,27)28)15-24-17(2)29-13-8-19-14-21(19)18-6-11-25(12-7-18)22(26)30-16-23(3)9-10-23/h5,15,18-19,21H,1,6-14,16H2,2-4H3/b20-15+,24-17?/t19-,21-/m1/s1. The molecular formula is C23H36N2O5S. The quantitative estimate of drug-likeness (QED) is 0.298. The molecule has 3 fully saturated rings. The summed E-state index contributed by atoms with van der Waals surface area (Å²) in [5.41, 5.74) is 0.234. The van der Waals surface area contributed by atoms with Gasteiger partial charge in [-0.15, -0.1) is 0 Å². The Morgan fingerprint density at radius 2 is 1.94 bits per heavy atom. The molecule has 31 heavy (non-hydrogen) atoms. The number of carbonyl (C=O) groups excluding carboxylic acids is 1. The molecule has 0 unspecified atom stereocenters. The van der Waals surface area contributed by atoms with Crippen LogP contribution in [-0.4, -0.2) is 57.9 Å². The van der Waals surface area contributed by atoms with Crippen LogP contribution in [0.3, 0.4) is 0 Å². The van der Waals surface area contributed by atoms with E-state index in [0.717, 1.165) is 57.4 Å². The molecule has 0 aromatic rings. The lowest BCUT2D eigenvalue weighted by atomic mass is 9.91. The molecule has 3 rings (SSSR count). The first-order valence-corrected chi connectivity index (χ1v) is 13.1. The summed E-state index contributed by atoms with van der Waals surface area (Å²) in [5.74, 6) is 2.52. The van der Waals surface area contributed by atoms with Crippen molar-refractivity contribution in [2.75, 3.05) is 32.6 Å². The summed E-state index contributed by atoms with van der Waals surface area (Å²) in [6, 6.07) is 0.